The molecule has 1 aliphatic rings. The second kappa shape index (κ2) is 7.28. The average molecular weight is 348 g/mol. The summed E-state index contributed by atoms with van der Waals surface area (Å²) in [6.45, 7) is 2.84. The highest BCUT2D eigenvalue weighted by atomic mass is 16.2. The van der Waals surface area contributed by atoms with E-state index in [-0.39, 0.29) is 11.9 Å². The van der Waals surface area contributed by atoms with Gasteiger partial charge in [-0.1, -0.05) is 30.3 Å². The van der Waals surface area contributed by atoms with Crippen LogP contribution in [0.5, 0.6) is 0 Å². The summed E-state index contributed by atoms with van der Waals surface area (Å²) in [6.07, 6.45) is 6.25. The third-order valence-electron chi connectivity index (χ3n) is 5.33. The van der Waals surface area contributed by atoms with Gasteiger partial charge >= 0.3 is 0 Å². The average Bonchev–Trinajstić information content (AvgIpc) is 3.11. The Morgan fingerprint density at radius 2 is 2.08 bits per heavy atom. The van der Waals surface area contributed by atoms with Crippen LogP contribution in [-0.2, 0) is 11.2 Å². The summed E-state index contributed by atoms with van der Waals surface area (Å²) in [5.41, 5.74) is 4.12. The van der Waals surface area contributed by atoms with Crippen LogP contribution in [0.25, 0.3) is 10.9 Å². The van der Waals surface area contributed by atoms with Crippen molar-refractivity contribution in [3.63, 3.8) is 0 Å². The Morgan fingerprint density at radius 1 is 1.23 bits per heavy atom. The third-order valence-corrected chi connectivity index (χ3v) is 5.33. The molecule has 1 unspecified atom stereocenters. The molecule has 4 rings (SSSR count). The van der Waals surface area contributed by atoms with Crippen LogP contribution >= 0.6 is 0 Å². The first kappa shape index (κ1) is 16.8. The summed E-state index contributed by atoms with van der Waals surface area (Å²) in [7, 11) is 0. The number of hydrogen-bond donors (Lipinski definition) is 1. The highest BCUT2D eigenvalue weighted by Crippen LogP contribution is 2.31. The Hall–Kier alpha value is -2.69. The van der Waals surface area contributed by atoms with Gasteiger partial charge in [0.2, 0.25) is 5.91 Å². The third kappa shape index (κ3) is 3.21. The van der Waals surface area contributed by atoms with Crippen LogP contribution in [0.2, 0.25) is 0 Å². The van der Waals surface area contributed by atoms with Gasteiger partial charge in [-0.2, -0.15) is 5.10 Å². The number of carbonyl (C=O) groups excluding carboxylic acids is 1. The number of rotatable bonds is 4. The molecule has 1 saturated heterocycles. The number of nitrogens with zero attached hydrogens (tertiary/aromatic N) is 3. The maximum Gasteiger partial charge on any atom is 0.223 e. The first-order valence-electron chi connectivity index (χ1n) is 9.37. The lowest BCUT2D eigenvalue weighted by molar-refractivity contribution is -0.135. The SMILES string of the molecule is Cc1nccc2n[nH]c(CCC(=O)N3CCCCC3c3ccccc3)c12. The molecule has 3 heterocycles. The topological polar surface area (TPSA) is 61.9 Å². The van der Waals surface area contributed by atoms with Gasteiger partial charge in [-0.15, -0.1) is 0 Å². The zero-order valence-corrected chi connectivity index (χ0v) is 15.1. The quantitative estimate of drug-likeness (QED) is 0.776. The smallest absolute Gasteiger partial charge is 0.223 e. The molecule has 0 bridgehead atoms. The number of benzene rings is 1. The van der Waals surface area contributed by atoms with Crippen molar-refractivity contribution in [2.24, 2.45) is 0 Å². The summed E-state index contributed by atoms with van der Waals surface area (Å²) < 4.78 is 0. The fourth-order valence-corrected chi connectivity index (χ4v) is 4.01. The second-order valence-electron chi connectivity index (χ2n) is 7.00. The number of nitrogens with one attached hydrogen (secondary N) is 1. The molecule has 1 fully saturated rings. The van der Waals surface area contributed by atoms with Gasteiger partial charge in [0.1, 0.15) is 0 Å². The minimum Gasteiger partial charge on any atom is -0.336 e. The van der Waals surface area contributed by atoms with E-state index >= 15 is 0 Å². The van der Waals surface area contributed by atoms with Crippen LogP contribution in [0.1, 0.15) is 48.7 Å². The first-order valence-corrected chi connectivity index (χ1v) is 9.37. The Morgan fingerprint density at radius 3 is 2.92 bits per heavy atom. The molecule has 5 nitrogen and oxygen atoms in total. The van der Waals surface area contributed by atoms with Crippen molar-refractivity contribution in [1.29, 1.82) is 0 Å². The van der Waals surface area contributed by atoms with Crippen LogP contribution in [0.3, 0.4) is 0 Å². The van der Waals surface area contributed by atoms with Crippen molar-refractivity contribution in [3.05, 3.63) is 59.5 Å². The Balaban J connectivity index is 1.49. The standard InChI is InChI=1S/C21H24N4O/c1-15-21-17(23-24-18(21)12-13-22-15)10-11-20(26)25-14-6-5-9-19(25)16-7-3-2-4-8-16/h2-4,7-8,12-13,19H,5-6,9-11,14H2,1H3,(H,23,24). The molecule has 0 radical (unpaired) electrons. The zero-order chi connectivity index (χ0) is 17.9. The van der Waals surface area contributed by atoms with E-state index in [1.165, 1.54) is 12.0 Å². The van der Waals surface area contributed by atoms with E-state index in [2.05, 4.69) is 44.3 Å². The Bertz CT molecular complexity index is 903. The van der Waals surface area contributed by atoms with E-state index in [9.17, 15) is 4.79 Å². The zero-order valence-electron chi connectivity index (χ0n) is 15.1. The van der Waals surface area contributed by atoms with Gasteiger partial charge in [-0.3, -0.25) is 14.9 Å². The van der Waals surface area contributed by atoms with Gasteiger partial charge in [0, 0.05) is 35.9 Å². The van der Waals surface area contributed by atoms with E-state index in [0.29, 0.717) is 12.8 Å². The van der Waals surface area contributed by atoms with E-state index < -0.39 is 0 Å². The summed E-state index contributed by atoms with van der Waals surface area (Å²) >= 11 is 0. The number of amides is 1. The number of pyridine rings is 1. The molecule has 134 valence electrons. The first-order chi connectivity index (χ1) is 12.7. The number of H-pyrrole nitrogens is 1. The molecule has 1 amide bonds. The van der Waals surface area contributed by atoms with Crippen LogP contribution in [0, 0.1) is 6.92 Å². The van der Waals surface area contributed by atoms with E-state index in [1.54, 1.807) is 6.20 Å². The molecule has 3 aromatic rings. The molecule has 26 heavy (non-hydrogen) atoms. The highest BCUT2D eigenvalue weighted by Gasteiger charge is 2.27. The minimum atomic E-state index is 0.208. The lowest BCUT2D eigenvalue weighted by atomic mass is 9.94. The van der Waals surface area contributed by atoms with Crippen molar-refractivity contribution in [2.45, 2.75) is 45.1 Å². The van der Waals surface area contributed by atoms with Crippen LogP contribution < -0.4 is 0 Å². The second-order valence-corrected chi connectivity index (χ2v) is 7.00. The van der Waals surface area contributed by atoms with Gasteiger partial charge in [-0.25, -0.2) is 0 Å². The monoisotopic (exact) mass is 348 g/mol. The number of hydrogen-bond acceptors (Lipinski definition) is 3. The molecule has 2 aromatic heterocycles. The van der Waals surface area contributed by atoms with Crippen molar-refractivity contribution in [3.8, 4) is 0 Å². The van der Waals surface area contributed by atoms with Crippen LogP contribution in [0.15, 0.2) is 42.6 Å². The highest BCUT2D eigenvalue weighted by molar-refractivity contribution is 5.84. The lowest BCUT2D eigenvalue weighted by Crippen LogP contribution is -2.38. The number of aromatic amines is 1. The van der Waals surface area contributed by atoms with Gasteiger partial charge in [0.15, 0.2) is 0 Å². The van der Waals surface area contributed by atoms with Gasteiger partial charge in [0.05, 0.1) is 11.6 Å². The number of aryl methyl sites for hydroxylation is 2. The molecule has 5 heteroatoms. The van der Waals surface area contributed by atoms with Crippen LogP contribution in [0.4, 0.5) is 0 Å². The predicted molar refractivity (Wildman–Crippen MR) is 102 cm³/mol. The summed E-state index contributed by atoms with van der Waals surface area (Å²) in [6, 6.07) is 12.5. The fraction of sp³-hybridized carbons (Fsp3) is 0.381. The van der Waals surface area contributed by atoms with Gasteiger partial charge in [-0.05, 0) is 44.2 Å². The van der Waals surface area contributed by atoms with Gasteiger partial charge < -0.3 is 4.90 Å². The Kier molecular flexibility index (Phi) is 4.69. The molecular weight excluding hydrogens is 324 g/mol. The number of fused-ring (bicyclic) bond motifs is 1. The number of piperidine rings is 1. The van der Waals surface area contributed by atoms with Crippen LogP contribution in [-0.4, -0.2) is 32.5 Å². The molecular formula is C21H24N4O. The predicted octanol–water partition coefficient (Wildman–Crippen LogP) is 3.95. The molecule has 1 atom stereocenters. The number of carbonyl (C=O) groups is 1. The van der Waals surface area contributed by atoms with E-state index in [0.717, 1.165) is 41.7 Å². The molecule has 0 spiro atoms. The van der Waals surface area contributed by atoms with Crippen molar-refractivity contribution in [1.82, 2.24) is 20.1 Å². The summed E-state index contributed by atoms with van der Waals surface area (Å²) in [4.78, 5) is 19.4. The van der Waals surface area contributed by atoms with E-state index in [1.807, 2.05) is 19.1 Å². The summed E-state index contributed by atoms with van der Waals surface area (Å²) in [5.74, 6) is 0.225. The number of aromatic nitrogens is 3. The summed E-state index contributed by atoms with van der Waals surface area (Å²) in [5, 5.41) is 8.49. The number of likely N-dealkylation sites (tertiary alicyclic amines) is 1. The lowest BCUT2D eigenvalue weighted by Gasteiger charge is -2.36. The molecule has 1 N–H and O–H groups in total. The normalized spacial score (nSPS) is 17.6. The minimum absolute atomic E-state index is 0.208. The maximum atomic E-state index is 13.0. The van der Waals surface area contributed by atoms with E-state index in [4.69, 9.17) is 0 Å². The van der Waals surface area contributed by atoms with Crippen molar-refractivity contribution in [2.75, 3.05) is 6.54 Å². The van der Waals surface area contributed by atoms with Crippen molar-refractivity contribution >= 4 is 16.8 Å². The molecule has 0 aliphatic carbocycles. The Labute approximate surface area is 153 Å². The molecule has 0 saturated carbocycles. The largest absolute Gasteiger partial charge is 0.336 e. The molecule has 1 aromatic carbocycles. The maximum absolute atomic E-state index is 13.0. The fourth-order valence-electron chi connectivity index (χ4n) is 4.01. The van der Waals surface area contributed by atoms with Crippen molar-refractivity contribution < 1.29 is 4.79 Å². The molecule has 1 aliphatic heterocycles. The van der Waals surface area contributed by atoms with Gasteiger partial charge in [0.25, 0.3) is 0 Å².